The molecule has 0 aromatic rings. The van der Waals surface area contributed by atoms with Crippen LogP contribution in [-0.2, 0) is 9.59 Å². The van der Waals surface area contributed by atoms with E-state index in [0.29, 0.717) is 6.92 Å². The Kier molecular flexibility index (Phi) is 3.35. The molecule has 0 radical (unpaired) electrons. The second-order valence-corrected chi connectivity index (χ2v) is 2.68. The monoisotopic (exact) mass is 194 g/mol. The van der Waals surface area contributed by atoms with Crippen molar-refractivity contribution in [2.24, 2.45) is 0 Å². The van der Waals surface area contributed by atoms with Crippen molar-refractivity contribution < 1.29 is 35.1 Å². The van der Waals surface area contributed by atoms with E-state index in [1.54, 1.807) is 0 Å². The number of carbonyl (C=O) groups is 2. The molecule has 0 aliphatic heterocycles. The Morgan fingerprint density at radius 2 is 1.62 bits per heavy atom. The molecule has 3 atom stereocenters. The van der Waals surface area contributed by atoms with Crippen LogP contribution in [0.2, 0.25) is 0 Å². The quantitative estimate of drug-likeness (QED) is 0.337. The van der Waals surface area contributed by atoms with Crippen LogP contribution in [-0.4, -0.2) is 55.3 Å². The van der Waals surface area contributed by atoms with E-state index in [0.717, 1.165) is 0 Å². The summed E-state index contributed by atoms with van der Waals surface area (Å²) < 4.78 is 0. The van der Waals surface area contributed by atoms with Crippen molar-refractivity contribution in [3.8, 4) is 0 Å². The lowest BCUT2D eigenvalue weighted by molar-refractivity contribution is -0.184. The van der Waals surface area contributed by atoms with Crippen LogP contribution in [0.4, 0.5) is 0 Å². The van der Waals surface area contributed by atoms with Gasteiger partial charge < -0.3 is 25.5 Å². The second kappa shape index (κ2) is 3.69. The molecule has 0 amide bonds. The van der Waals surface area contributed by atoms with Crippen LogP contribution in [0, 0.1) is 0 Å². The highest BCUT2D eigenvalue weighted by atomic mass is 16.4. The van der Waals surface area contributed by atoms with E-state index in [9.17, 15) is 9.59 Å². The maximum atomic E-state index is 10.3. The molecule has 13 heavy (non-hydrogen) atoms. The average molecular weight is 194 g/mol. The van der Waals surface area contributed by atoms with Crippen LogP contribution in [0.25, 0.3) is 0 Å². The van der Waals surface area contributed by atoms with Gasteiger partial charge >= 0.3 is 11.9 Å². The SMILES string of the molecule is CC(O)(C(=O)O)C(O)C(O)C(=O)O. The summed E-state index contributed by atoms with van der Waals surface area (Å²) in [5, 5.41) is 43.1. The van der Waals surface area contributed by atoms with Crippen molar-refractivity contribution in [2.45, 2.75) is 24.7 Å². The highest BCUT2D eigenvalue weighted by Gasteiger charge is 2.45. The lowest BCUT2D eigenvalue weighted by Crippen LogP contribution is -2.54. The molecule has 0 fully saturated rings. The van der Waals surface area contributed by atoms with Crippen molar-refractivity contribution in [1.82, 2.24) is 0 Å². The Morgan fingerprint density at radius 3 is 1.85 bits per heavy atom. The summed E-state index contributed by atoms with van der Waals surface area (Å²) in [6.07, 6.45) is -4.63. The van der Waals surface area contributed by atoms with Gasteiger partial charge in [0, 0.05) is 0 Å². The molecule has 0 aromatic carbocycles. The first-order valence-electron chi connectivity index (χ1n) is 3.26. The molecule has 0 spiro atoms. The predicted molar refractivity (Wildman–Crippen MR) is 37.9 cm³/mol. The zero-order valence-corrected chi connectivity index (χ0v) is 6.71. The number of carboxylic acid groups (broad SMARTS) is 2. The molecular formula is C6H10O7. The molecule has 0 saturated carbocycles. The van der Waals surface area contributed by atoms with Gasteiger partial charge in [-0.25, -0.2) is 9.59 Å². The molecule has 7 heteroatoms. The number of rotatable bonds is 4. The number of aliphatic hydroxyl groups is 3. The maximum absolute atomic E-state index is 10.3. The predicted octanol–water partition coefficient (Wildman–Crippen LogP) is -2.37. The van der Waals surface area contributed by atoms with E-state index in [1.807, 2.05) is 0 Å². The molecule has 0 saturated heterocycles. The smallest absolute Gasteiger partial charge is 0.338 e. The van der Waals surface area contributed by atoms with Crippen LogP contribution in [0.5, 0.6) is 0 Å². The Balaban J connectivity index is 4.67. The molecular weight excluding hydrogens is 184 g/mol. The van der Waals surface area contributed by atoms with Gasteiger partial charge in [0.15, 0.2) is 11.7 Å². The molecule has 0 heterocycles. The van der Waals surface area contributed by atoms with Gasteiger partial charge in [-0.1, -0.05) is 0 Å². The zero-order valence-electron chi connectivity index (χ0n) is 6.71. The Morgan fingerprint density at radius 1 is 1.23 bits per heavy atom. The largest absolute Gasteiger partial charge is 0.479 e. The van der Waals surface area contributed by atoms with Gasteiger partial charge in [-0.15, -0.1) is 0 Å². The lowest BCUT2D eigenvalue weighted by atomic mass is 9.95. The van der Waals surface area contributed by atoms with E-state index in [1.165, 1.54) is 0 Å². The maximum Gasteiger partial charge on any atom is 0.338 e. The molecule has 0 bridgehead atoms. The van der Waals surface area contributed by atoms with Gasteiger partial charge in [0.25, 0.3) is 0 Å². The first-order valence-corrected chi connectivity index (χ1v) is 3.26. The average Bonchev–Trinajstić information content (AvgIpc) is 2.01. The number of carboxylic acids is 2. The highest BCUT2D eigenvalue weighted by Crippen LogP contribution is 2.13. The summed E-state index contributed by atoms with van der Waals surface area (Å²) in [6, 6.07) is 0. The van der Waals surface area contributed by atoms with Crippen LogP contribution < -0.4 is 0 Å². The molecule has 0 aliphatic carbocycles. The van der Waals surface area contributed by atoms with Crippen LogP contribution >= 0.6 is 0 Å². The van der Waals surface area contributed by atoms with Gasteiger partial charge in [0.2, 0.25) is 0 Å². The van der Waals surface area contributed by atoms with E-state index < -0.39 is 29.7 Å². The van der Waals surface area contributed by atoms with E-state index >= 15 is 0 Å². The minimum atomic E-state index is -2.70. The zero-order chi connectivity index (χ0) is 10.8. The minimum Gasteiger partial charge on any atom is -0.479 e. The summed E-state index contributed by atoms with van der Waals surface area (Å²) in [6.45, 7) is 0.687. The second-order valence-electron chi connectivity index (χ2n) is 2.68. The number of aliphatic hydroxyl groups excluding tert-OH is 2. The normalized spacial score (nSPS) is 20.0. The third-order valence-electron chi connectivity index (χ3n) is 1.56. The number of aliphatic carboxylic acids is 2. The summed E-state index contributed by atoms with van der Waals surface area (Å²) in [4.78, 5) is 20.4. The van der Waals surface area contributed by atoms with E-state index in [2.05, 4.69) is 0 Å². The summed E-state index contributed by atoms with van der Waals surface area (Å²) >= 11 is 0. The molecule has 0 rings (SSSR count). The molecule has 5 N–H and O–H groups in total. The van der Waals surface area contributed by atoms with Crippen molar-refractivity contribution >= 4 is 11.9 Å². The number of hydrogen-bond acceptors (Lipinski definition) is 5. The van der Waals surface area contributed by atoms with Crippen molar-refractivity contribution in [3.05, 3.63) is 0 Å². The first-order chi connectivity index (χ1) is 5.71. The van der Waals surface area contributed by atoms with Crippen molar-refractivity contribution in [2.75, 3.05) is 0 Å². The summed E-state index contributed by atoms with van der Waals surface area (Å²) in [5.74, 6) is -3.63. The van der Waals surface area contributed by atoms with E-state index in [-0.39, 0.29) is 0 Å². The summed E-state index contributed by atoms with van der Waals surface area (Å²) in [5.41, 5.74) is -2.70. The Bertz CT molecular complexity index is 221. The fraction of sp³-hybridized carbons (Fsp3) is 0.667. The molecule has 0 aliphatic rings. The first kappa shape index (κ1) is 11.8. The highest BCUT2D eigenvalue weighted by molar-refractivity contribution is 5.80. The van der Waals surface area contributed by atoms with Crippen LogP contribution in [0.1, 0.15) is 6.92 Å². The van der Waals surface area contributed by atoms with Crippen LogP contribution in [0.15, 0.2) is 0 Å². The van der Waals surface area contributed by atoms with Gasteiger partial charge in [0.05, 0.1) is 0 Å². The van der Waals surface area contributed by atoms with Gasteiger partial charge in [0.1, 0.15) is 6.10 Å². The third-order valence-corrected chi connectivity index (χ3v) is 1.56. The fourth-order valence-corrected chi connectivity index (χ4v) is 0.569. The summed E-state index contributed by atoms with van der Waals surface area (Å²) in [7, 11) is 0. The van der Waals surface area contributed by atoms with Gasteiger partial charge in [-0.3, -0.25) is 0 Å². The fourth-order valence-electron chi connectivity index (χ4n) is 0.569. The van der Waals surface area contributed by atoms with Gasteiger partial charge in [-0.2, -0.15) is 0 Å². The topological polar surface area (TPSA) is 135 Å². The Hall–Kier alpha value is -1.18. The molecule has 3 unspecified atom stereocenters. The third kappa shape index (κ3) is 2.38. The van der Waals surface area contributed by atoms with Crippen LogP contribution in [0.3, 0.4) is 0 Å². The minimum absolute atomic E-state index is 0.687. The van der Waals surface area contributed by atoms with Gasteiger partial charge in [-0.05, 0) is 6.92 Å². The van der Waals surface area contributed by atoms with E-state index in [4.69, 9.17) is 25.5 Å². The Labute approximate surface area is 72.9 Å². The molecule has 76 valence electrons. The lowest BCUT2D eigenvalue weighted by Gasteiger charge is -2.26. The standard InChI is InChI=1S/C6H10O7/c1-6(13,5(11)12)3(8)2(7)4(9)10/h2-3,7-8,13H,1H3,(H,9,10)(H,11,12). The number of hydrogen-bond donors (Lipinski definition) is 5. The molecule has 0 aromatic heterocycles. The van der Waals surface area contributed by atoms with Crippen molar-refractivity contribution in [3.63, 3.8) is 0 Å². The molecule has 7 nitrogen and oxygen atoms in total. The van der Waals surface area contributed by atoms with Crippen molar-refractivity contribution in [1.29, 1.82) is 0 Å².